The molecule has 2 aromatic rings. The van der Waals surface area contributed by atoms with E-state index in [1.54, 1.807) is 23.1 Å². The minimum absolute atomic E-state index is 0.210. The molecule has 0 atom stereocenters. The number of alkyl halides is 3. The van der Waals surface area contributed by atoms with Gasteiger partial charge in [0, 0.05) is 30.9 Å². The highest BCUT2D eigenvalue weighted by Crippen LogP contribution is 2.30. The van der Waals surface area contributed by atoms with E-state index in [9.17, 15) is 18.0 Å². The number of aromatic nitrogens is 1. The van der Waals surface area contributed by atoms with Crippen LogP contribution >= 0.6 is 11.6 Å². The standard InChI is InChI=1S/C16H13ClF3N3O/c17-13-3-1-2-11(8-13)10-22-6-7-23(15(22)24)14-5-4-12(9-21-14)16(18,19)20/h1-5,8-9H,6-7,10H2. The van der Waals surface area contributed by atoms with Crippen LogP contribution in [0, 0.1) is 0 Å². The first-order chi connectivity index (χ1) is 11.3. The molecule has 1 aliphatic rings. The summed E-state index contributed by atoms with van der Waals surface area (Å²) < 4.78 is 37.7. The molecule has 1 aliphatic heterocycles. The number of pyridine rings is 1. The van der Waals surface area contributed by atoms with Crippen molar-refractivity contribution in [2.75, 3.05) is 18.0 Å². The summed E-state index contributed by atoms with van der Waals surface area (Å²) in [5.74, 6) is 0.210. The lowest BCUT2D eigenvalue weighted by molar-refractivity contribution is -0.137. The molecule has 1 aromatic carbocycles. The van der Waals surface area contributed by atoms with Crippen LogP contribution in [0.1, 0.15) is 11.1 Å². The summed E-state index contributed by atoms with van der Waals surface area (Å²) in [6.07, 6.45) is -3.71. The van der Waals surface area contributed by atoms with E-state index in [-0.39, 0.29) is 11.8 Å². The number of hydrogen-bond donors (Lipinski definition) is 0. The lowest BCUT2D eigenvalue weighted by Crippen LogP contribution is -2.32. The van der Waals surface area contributed by atoms with E-state index in [1.165, 1.54) is 11.0 Å². The average Bonchev–Trinajstić information content (AvgIpc) is 2.88. The Morgan fingerprint density at radius 3 is 2.58 bits per heavy atom. The minimum Gasteiger partial charge on any atom is -0.318 e. The van der Waals surface area contributed by atoms with Gasteiger partial charge in [-0.2, -0.15) is 13.2 Å². The monoisotopic (exact) mass is 355 g/mol. The van der Waals surface area contributed by atoms with Gasteiger partial charge in [-0.1, -0.05) is 23.7 Å². The molecule has 0 saturated carbocycles. The smallest absolute Gasteiger partial charge is 0.318 e. The van der Waals surface area contributed by atoms with Gasteiger partial charge < -0.3 is 4.90 Å². The van der Waals surface area contributed by atoms with Crippen molar-refractivity contribution in [3.05, 3.63) is 58.7 Å². The molecule has 126 valence electrons. The zero-order valence-corrected chi connectivity index (χ0v) is 13.2. The van der Waals surface area contributed by atoms with E-state index in [4.69, 9.17) is 11.6 Å². The van der Waals surface area contributed by atoms with Gasteiger partial charge >= 0.3 is 12.2 Å². The number of halogens is 4. The molecule has 3 rings (SSSR count). The SMILES string of the molecule is O=C1N(Cc2cccc(Cl)c2)CCN1c1ccc(C(F)(F)F)cn1. The average molecular weight is 356 g/mol. The topological polar surface area (TPSA) is 36.4 Å². The number of urea groups is 1. The number of amides is 2. The van der Waals surface area contributed by atoms with Crippen molar-refractivity contribution >= 4 is 23.4 Å². The van der Waals surface area contributed by atoms with Crippen LogP contribution in [-0.4, -0.2) is 29.0 Å². The van der Waals surface area contributed by atoms with Gasteiger partial charge in [0.05, 0.1) is 5.56 Å². The Bertz CT molecular complexity index is 749. The van der Waals surface area contributed by atoms with Gasteiger partial charge in [-0.3, -0.25) is 4.90 Å². The Morgan fingerprint density at radius 1 is 1.17 bits per heavy atom. The molecule has 1 aromatic heterocycles. The van der Waals surface area contributed by atoms with Gasteiger partial charge in [-0.25, -0.2) is 9.78 Å². The fourth-order valence-electron chi connectivity index (χ4n) is 2.51. The third kappa shape index (κ3) is 3.46. The molecule has 2 heterocycles. The number of carbonyl (C=O) groups excluding carboxylic acids is 1. The Balaban J connectivity index is 1.72. The van der Waals surface area contributed by atoms with Crippen molar-refractivity contribution in [2.24, 2.45) is 0 Å². The Labute approximate surface area is 141 Å². The highest BCUT2D eigenvalue weighted by atomic mass is 35.5. The number of hydrogen-bond acceptors (Lipinski definition) is 2. The van der Waals surface area contributed by atoms with Gasteiger partial charge in [-0.15, -0.1) is 0 Å². The molecule has 4 nitrogen and oxygen atoms in total. The molecule has 0 bridgehead atoms. The summed E-state index contributed by atoms with van der Waals surface area (Å²) in [5, 5.41) is 0.584. The zero-order chi connectivity index (χ0) is 17.3. The van der Waals surface area contributed by atoms with E-state index >= 15 is 0 Å². The number of carbonyl (C=O) groups is 1. The van der Waals surface area contributed by atoms with E-state index in [0.29, 0.717) is 24.7 Å². The summed E-state index contributed by atoms with van der Waals surface area (Å²) in [6.45, 7) is 1.22. The lowest BCUT2D eigenvalue weighted by atomic mass is 10.2. The Morgan fingerprint density at radius 2 is 1.96 bits per heavy atom. The minimum atomic E-state index is -4.45. The van der Waals surface area contributed by atoms with Gasteiger partial charge in [0.15, 0.2) is 0 Å². The van der Waals surface area contributed by atoms with Crippen LogP contribution in [0.5, 0.6) is 0 Å². The fourth-order valence-corrected chi connectivity index (χ4v) is 2.72. The molecule has 0 unspecified atom stereocenters. The zero-order valence-electron chi connectivity index (χ0n) is 12.4. The quantitative estimate of drug-likeness (QED) is 0.827. The molecule has 1 fully saturated rings. The van der Waals surface area contributed by atoms with Crippen LogP contribution < -0.4 is 4.90 Å². The van der Waals surface area contributed by atoms with Crippen LogP contribution in [0.15, 0.2) is 42.6 Å². The molecule has 2 amide bonds. The summed E-state index contributed by atoms with van der Waals surface area (Å²) in [6, 6.07) is 9.02. The number of benzene rings is 1. The van der Waals surface area contributed by atoms with Crippen LogP contribution in [0.3, 0.4) is 0 Å². The Hall–Kier alpha value is -2.28. The van der Waals surface area contributed by atoms with Gasteiger partial charge in [0.2, 0.25) is 0 Å². The van der Waals surface area contributed by atoms with E-state index < -0.39 is 11.7 Å². The molecule has 0 radical (unpaired) electrons. The summed E-state index contributed by atoms with van der Waals surface area (Å²) in [5.41, 5.74) is 0.0479. The van der Waals surface area contributed by atoms with Crippen molar-refractivity contribution in [1.29, 1.82) is 0 Å². The summed E-state index contributed by atoms with van der Waals surface area (Å²) in [4.78, 5) is 19.2. The Kier molecular flexibility index (Phi) is 4.36. The maximum atomic E-state index is 12.6. The van der Waals surface area contributed by atoms with E-state index in [1.807, 2.05) is 6.07 Å². The van der Waals surface area contributed by atoms with Crippen LogP contribution in [-0.2, 0) is 12.7 Å². The molecule has 0 N–H and O–H groups in total. The molecule has 0 spiro atoms. The number of rotatable bonds is 3. The van der Waals surface area contributed by atoms with Gasteiger partial charge in [0.1, 0.15) is 5.82 Å². The largest absolute Gasteiger partial charge is 0.417 e. The fraction of sp³-hybridized carbons (Fsp3) is 0.250. The number of nitrogens with zero attached hydrogens (tertiary/aromatic N) is 3. The molecule has 0 aliphatic carbocycles. The number of anilines is 1. The van der Waals surface area contributed by atoms with Gasteiger partial charge in [-0.05, 0) is 29.8 Å². The molecular weight excluding hydrogens is 343 g/mol. The normalized spacial score (nSPS) is 15.2. The first-order valence-corrected chi connectivity index (χ1v) is 7.56. The van der Waals surface area contributed by atoms with Crippen molar-refractivity contribution < 1.29 is 18.0 Å². The van der Waals surface area contributed by atoms with Crippen molar-refractivity contribution in [3.8, 4) is 0 Å². The van der Waals surface area contributed by atoms with Gasteiger partial charge in [0.25, 0.3) is 0 Å². The third-order valence-corrected chi connectivity index (χ3v) is 3.94. The first kappa shape index (κ1) is 16.6. The predicted molar refractivity (Wildman–Crippen MR) is 83.8 cm³/mol. The van der Waals surface area contributed by atoms with E-state index in [0.717, 1.165) is 17.8 Å². The van der Waals surface area contributed by atoms with Crippen molar-refractivity contribution in [2.45, 2.75) is 12.7 Å². The van der Waals surface area contributed by atoms with Crippen molar-refractivity contribution in [3.63, 3.8) is 0 Å². The summed E-state index contributed by atoms with van der Waals surface area (Å²) in [7, 11) is 0. The maximum Gasteiger partial charge on any atom is 0.417 e. The molecule has 8 heteroatoms. The molecule has 24 heavy (non-hydrogen) atoms. The van der Waals surface area contributed by atoms with Crippen LogP contribution in [0.2, 0.25) is 5.02 Å². The lowest BCUT2D eigenvalue weighted by Gasteiger charge is -2.18. The van der Waals surface area contributed by atoms with Crippen LogP contribution in [0.25, 0.3) is 0 Å². The predicted octanol–water partition coefficient (Wildman–Crippen LogP) is 4.20. The van der Waals surface area contributed by atoms with Crippen molar-refractivity contribution in [1.82, 2.24) is 9.88 Å². The highest BCUT2D eigenvalue weighted by Gasteiger charge is 2.33. The molecular formula is C16H13ClF3N3O. The second-order valence-corrected chi connectivity index (χ2v) is 5.82. The second kappa shape index (κ2) is 6.32. The molecule has 1 saturated heterocycles. The van der Waals surface area contributed by atoms with E-state index in [2.05, 4.69) is 4.98 Å². The van der Waals surface area contributed by atoms with Crippen LogP contribution in [0.4, 0.5) is 23.8 Å². The third-order valence-electron chi connectivity index (χ3n) is 3.71. The first-order valence-electron chi connectivity index (χ1n) is 7.19. The summed E-state index contributed by atoms with van der Waals surface area (Å²) >= 11 is 5.93. The maximum absolute atomic E-state index is 12.6. The highest BCUT2D eigenvalue weighted by molar-refractivity contribution is 6.30. The second-order valence-electron chi connectivity index (χ2n) is 5.39.